The van der Waals surface area contributed by atoms with Crippen LogP contribution in [0.25, 0.3) is 0 Å². The molecule has 0 aliphatic carbocycles. The Kier molecular flexibility index (Phi) is 0.860. The van der Waals surface area contributed by atoms with Gasteiger partial charge in [-0.2, -0.15) is 0 Å². The molecule has 0 fully saturated rings. The third-order valence-electron chi connectivity index (χ3n) is 0.595. The molecule has 0 aromatic carbocycles. The molecule has 1 aliphatic rings. The molecule has 0 aromatic rings. The summed E-state index contributed by atoms with van der Waals surface area (Å²) in [6, 6.07) is 0. The molecular formula is C3H6OSi. The summed E-state index contributed by atoms with van der Waals surface area (Å²) in [6.07, 6.45) is 2.08. The van der Waals surface area contributed by atoms with Crippen LogP contribution in [0.4, 0.5) is 0 Å². The smallest absolute Gasteiger partial charge is 0.185 e. The highest BCUT2D eigenvalue weighted by Gasteiger charge is 1.84. The van der Waals surface area contributed by atoms with Crippen LogP contribution in [0.3, 0.4) is 0 Å². The van der Waals surface area contributed by atoms with E-state index < -0.39 is 0 Å². The van der Waals surface area contributed by atoms with Gasteiger partial charge in [0.2, 0.25) is 0 Å². The average Bonchev–Trinajstić information content (AvgIpc) is 1.76. The van der Waals surface area contributed by atoms with Gasteiger partial charge in [0.25, 0.3) is 0 Å². The molecule has 0 atom stereocenters. The van der Waals surface area contributed by atoms with Crippen LogP contribution in [0.15, 0.2) is 11.8 Å². The van der Waals surface area contributed by atoms with Crippen molar-refractivity contribution < 1.29 is 4.43 Å². The van der Waals surface area contributed by atoms with Gasteiger partial charge in [0.05, 0.1) is 6.61 Å². The third-order valence-corrected chi connectivity index (χ3v) is 1.59. The first kappa shape index (κ1) is 3.12. The van der Waals surface area contributed by atoms with Gasteiger partial charge < -0.3 is 4.43 Å². The predicted octanol–water partition coefficient (Wildman–Crippen LogP) is -0.386. The standard InChI is InChI=1S/C3H6OSi/c1-2-4-5-3-1/h1,3H,2,5H2. The Hall–Kier alpha value is -0.0831. The number of hydrogen-bond donors (Lipinski definition) is 0. The maximum Gasteiger partial charge on any atom is 0.185 e. The molecule has 1 rings (SSSR count). The lowest BCUT2D eigenvalue weighted by Crippen LogP contribution is -1.82. The van der Waals surface area contributed by atoms with Gasteiger partial charge in [-0.05, 0) is 0 Å². The molecular weight excluding hydrogens is 80.1 g/mol. The summed E-state index contributed by atoms with van der Waals surface area (Å²) in [4.78, 5) is 0. The SMILES string of the molecule is C1=C[SiH2]OC1. The largest absolute Gasteiger partial charge is 0.416 e. The number of hydrogen-bond acceptors (Lipinski definition) is 1. The Labute approximate surface area is 33.6 Å². The van der Waals surface area contributed by atoms with E-state index in [4.69, 9.17) is 4.43 Å². The first-order valence-corrected chi connectivity index (χ1v) is 3.12. The summed E-state index contributed by atoms with van der Waals surface area (Å²) in [5.41, 5.74) is 2.15. The Bertz CT molecular complexity index is 44.9. The predicted molar refractivity (Wildman–Crippen MR) is 23.6 cm³/mol. The molecule has 0 N–H and O–H groups in total. The van der Waals surface area contributed by atoms with E-state index in [9.17, 15) is 0 Å². The quantitative estimate of drug-likeness (QED) is 0.365. The van der Waals surface area contributed by atoms with E-state index in [0.29, 0.717) is 0 Å². The zero-order chi connectivity index (χ0) is 3.54. The van der Waals surface area contributed by atoms with Crippen molar-refractivity contribution in [1.82, 2.24) is 0 Å². The van der Waals surface area contributed by atoms with Gasteiger partial charge in [0.15, 0.2) is 9.76 Å². The second-order valence-electron chi connectivity index (χ2n) is 1.01. The molecule has 0 amide bonds. The third kappa shape index (κ3) is 0.595. The molecule has 1 aliphatic heterocycles. The van der Waals surface area contributed by atoms with Crippen molar-refractivity contribution in [3.63, 3.8) is 0 Å². The average molecular weight is 86.2 g/mol. The molecule has 0 unspecified atom stereocenters. The Balaban J connectivity index is 2.32. The van der Waals surface area contributed by atoms with E-state index in [0.717, 1.165) is 6.61 Å². The van der Waals surface area contributed by atoms with Crippen molar-refractivity contribution in [2.75, 3.05) is 6.61 Å². The highest BCUT2D eigenvalue weighted by atomic mass is 28.2. The van der Waals surface area contributed by atoms with Gasteiger partial charge >= 0.3 is 0 Å². The lowest BCUT2D eigenvalue weighted by Gasteiger charge is -1.77. The fourth-order valence-corrected chi connectivity index (χ4v) is 1.02. The molecule has 1 nitrogen and oxygen atoms in total. The second kappa shape index (κ2) is 1.38. The van der Waals surface area contributed by atoms with E-state index in [1.807, 2.05) is 0 Å². The molecule has 0 bridgehead atoms. The molecule has 0 saturated heterocycles. The fraction of sp³-hybridized carbons (Fsp3) is 0.333. The van der Waals surface area contributed by atoms with Crippen LogP contribution in [-0.2, 0) is 4.43 Å². The van der Waals surface area contributed by atoms with Gasteiger partial charge in [-0.25, -0.2) is 0 Å². The van der Waals surface area contributed by atoms with Gasteiger partial charge in [0, 0.05) is 0 Å². The lowest BCUT2D eigenvalue weighted by atomic mass is 10.7. The summed E-state index contributed by atoms with van der Waals surface area (Å²) in [6.45, 7) is 0.881. The van der Waals surface area contributed by atoms with Crippen molar-refractivity contribution >= 4 is 9.76 Å². The molecule has 5 heavy (non-hydrogen) atoms. The highest BCUT2D eigenvalue weighted by Crippen LogP contribution is 1.82. The van der Waals surface area contributed by atoms with Gasteiger partial charge in [-0.1, -0.05) is 11.8 Å². The van der Waals surface area contributed by atoms with Crippen LogP contribution in [-0.4, -0.2) is 16.4 Å². The Morgan fingerprint density at radius 2 is 2.80 bits per heavy atom. The van der Waals surface area contributed by atoms with Crippen LogP contribution in [0.2, 0.25) is 0 Å². The molecule has 0 saturated carbocycles. The Morgan fingerprint density at radius 1 is 1.80 bits per heavy atom. The normalized spacial score (nSPS) is 25.6. The minimum absolute atomic E-state index is 0.137. The van der Waals surface area contributed by atoms with E-state index in [2.05, 4.69) is 11.8 Å². The summed E-state index contributed by atoms with van der Waals surface area (Å²) < 4.78 is 4.97. The van der Waals surface area contributed by atoms with Crippen LogP contribution in [0.5, 0.6) is 0 Å². The summed E-state index contributed by atoms with van der Waals surface area (Å²) in [5, 5.41) is 0. The fourth-order valence-electron chi connectivity index (χ4n) is 0.340. The molecule has 0 aromatic heterocycles. The second-order valence-corrected chi connectivity index (χ2v) is 2.22. The highest BCUT2D eigenvalue weighted by molar-refractivity contribution is 6.35. The minimum Gasteiger partial charge on any atom is -0.416 e. The lowest BCUT2D eigenvalue weighted by molar-refractivity contribution is 0.403. The van der Waals surface area contributed by atoms with Crippen LogP contribution < -0.4 is 0 Å². The monoisotopic (exact) mass is 86.0 g/mol. The zero-order valence-electron chi connectivity index (χ0n) is 2.98. The van der Waals surface area contributed by atoms with Crippen molar-refractivity contribution in [2.45, 2.75) is 0 Å². The van der Waals surface area contributed by atoms with Crippen LogP contribution in [0.1, 0.15) is 0 Å². The number of rotatable bonds is 0. The van der Waals surface area contributed by atoms with E-state index in [-0.39, 0.29) is 9.76 Å². The van der Waals surface area contributed by atoms with Crippen LogP contribution in [0, 0.1) is 0 Å². The molecule has 2 heteroatoms. The van der Waals surface area contributed by atoms with Crippen molar-refractivity contribution in [2.24, 2.45) is 0 Å². The van der Waals surface area contributed by atoms with Crippen molar-refractivity contribution in [3.8, 4) is 0 Å². The van der Waals surface area contributed by atoms with Crippen molar-refractivity contribution in [1.29, 1.82) is 0 Å². The van der Waals surface area contributed by atoms with E-state index >= 15 is 0 Å². The van der Waals surface area contributed by atoms with E-state index in [1.165, 1.54) is 0 Å². The maximum atomic E-state index is 4.97. The summed E-state index contributed by atoms with van der Waals surface area (Å²) in [5.74, 6) is 0. The minimum atomic E-state index is -0.137. The molecule has 1 heterocycles. The van der Waals surface area contributed by atoms with Gasteiger partial charge in [-0.3, -0.25) is 0 Å². The molecule has 28 valence electrons. The van der Waals surface area contributed by atoms with Gasteiger partial charge in [0.1, 0.15) is 0 Å². The van der Waals surface area contributed by atoms with Gasteiger partial charge in [-0.15, -0.1) is 0 Å². The molecule has 0 radical (unpaired) electrons. The summed E-state index contributed by atoms with van der Waals surface area (Å²) >= 11 is 0. The first-order valence-electron chi connectivity index (χ1n) is 1.73. The first-order chi connectivity index (χ1) is 2.50. The molecule has 0 spiro atoms. The van der Waals surface area contributed by atoms with Crippen molar-refractivity contribution in [3.05, 3.63) is 11.8 Å². The zero-order valence-corrected chi connectivity index (χ0v) is 4.39. The Morgan fingerprint density at radius 3 is 3.00 bits per heavy atom. The topological polar surface area (TPSA) is 9.23 Å². The van der Waals surface area contributed by atoms with Crippen LogP contribution >= 0.6 is 0 Å². The summed E-state index contributed by atoms with van der Waals surface area (Å²) in [7, 11) is -0.137. The maximum absolute atomic E-state index is 4.97. The van der Waals surface area contributed by atoms with E-state index in [1.54, 1.807) is 0 Å².